The highest BCUT2D eigenvalue weighted by atomic mass is 19.1. The second-order valence-corrected chi connectivity index (χ2v) is 8.79. The highest BCUT2D eigenvalue weighted by Crippen LogP contribution is 2.27. The first kappa shape index (κ1) is 24.1. The van der Waals surface area contributed by atoms with E-state index < -0.39 is 0 Å². The van der Waals surface area contributed by atoms with E-state index in [-0.39, 0.29) is 5.82 Å². The van der Waals surface area contributed by atoms with E-state index in [1.807, 2.05) is 36.4 Å². The molecule has 11 heteroatoms. The number of pyridine rings is 1. The van der Waals surface area contributed by atoms with Gasteiger partial charge >= 0.3 is 0 Å². The molecule has 0 atom stereocenters. The van der Waals surface area contributed by atoms with E-state index in [2.05, 4.69) is 35.3 Å². The second kappa shape index (κ2) is 10.6. The molecule has 1 fully saturated rings. The summed E-state index contributed by atoms with van der Waals surface area (Å²) in [5.41, 5.74) is 4.74. The Labute approximate surface area is 223 Å². The summed E-state index contributed by atoms with van der Waals surface area (Å²) in [5, 5.41) is 16.6. The van der Waals surface area contributed by atoms with E-state index in [1.165, 1.54) is 18.3 Å². The van der Waals surface area contributed by atoms with Gasteiger partial charge in [0.25, 0.3) is 0 Å². The minimum atomic E-state index is -0.316. The lowest BCUT2D eigenvalue weighted by Crippen LogP contribution is -2.36. The molecule has 1 aliphatic rings. The summed E-state index contributed by atoms with van der Waals surface area (Å²) in [7, 11) is 0. The Balaban J connectivity index is 1.17. The number of hydrogen-bond donors (Lipinski definition) is 1. The molecule has 0 amide bonds. The minimum absolute atomic E-state index is 0.316. The van der Waals surface area contributed by atoms with Crippen LogP contribution in [0.2, 0.25) is 0 Å². The van der Waals surface area contributed by atoms with Crippen molar-refractivity contribution in [2.75, 3.05) is 36.5 Å². The zero-order chi connectivity index (χ0) is 26.6. The molecule has 0 radical (unpaired) electrons. The molecule has 1 N–H and O–H groups in total. The molecule has 0 spiro atoms. The lowest BCUT2D eigenvalue weighted by atomic mass is 10.1. The molecule has 4 heterocycles. The fourth-order valence-corrected chi connectivity index (χ4v) is 4.23. The van der Waals surface area contributed by atoms with E-state index in [0.717, 1.165) is 30.2 Å². The number of halogens is 1. The molecule has 3 aromatic heterocycles. The maximum atomic E-state index is 14.5. The molecular formula is C28H22FN9O. The van der Waals surface area contributed by atoms with Crippen molar-refractivity contribution in [2.24, 2.45) is 0 Å². The fraction of sp³-hybridized carbons (Fsp3) is 0.143. The van der Waals surface area contributed by atoms with Gasteiger partial charge in [0.1, 0.15) is 23.9 Å². The topological polar surface area (TPSA) is 118 Å². The third kappa shape index (κ3) is 5.41. The molecule has 0 bridgehead atoms. The van der Waals surface area contributed by atoms with Gasteiger partial charge in [0.05, 0.1) is 30.2 Å². The lowest BCUT2D eigenvalue weighted by molar-refractivity contribution is 0.122. The first-order valence-corrected chi connectivity index (χ1v) is 12.3. The van der Waals surface area contributed by atoms with Crippen molar-refractivity contribution in [2.45, 2.75) is 0 Å². The number of nitriles is 1. The summed E-state index contributed by atoms with van der Waals surface area (Å²) in [4.78, 5) is 19.6. The summed E-state index contributed by atoms with van der Waals surface area (Å²) >= 11 is 0. The molecule has 192 valence electrons. The molecule has 39 heavy (non-hydrogen) atoms. The smallest absolute Gasteiger partial charge is 0.227 e. The minimum Gasteiger partial charge on any atom is -0.378 e. The standard InChI is InChI=1S/C28H22FN9O/c29-21-13-20(14-24(15-21)37-9-11-39-12-10-37)25-7-8-31-28(35-25)34-22-2-4-23(5-3-22)38-18-33-27(36-38)26-6-1-19(16-30)17-32-26/h1-8,13-15,17-18H,9-12H2,(H,31,34,35). The van der Waals surface area contributed by atoms with Gasteiger partial charge in [-0.05, 0) is 60.7 Å². The highest BCUT2D eigenvalue weighted by molar-refractivity contribution is 5.67. The Morgan fingerprint density at radius 1 is 0.897 bits per heavy atom. The molecule has 6 rings (SSSR count). The van der Waals surface area contributed by atoms with Gasteiger partial charge in [0.15, 0.2) is 5.82 Å². The SMILES string of the molecule is N#Cc1ccc(-c2ncn(-c3ccc(Nc4nccc(-c5cc(F)cc(N6CCOCC6)c5)n4)cc3)n2)nc1. The van der Waals surface area contributed by atoms with E-state index >= 15 is 0 Å². The zero-order valence-electron chi connectivity index (χ0n) is 20.7. The Kier molecular flexibility index (Phi) is 6.59. The second-order valence-electron chi connectivity index (χ2n) is 8.79. The number of hydrogen-bond acceptors (Lipinski definition) is 9. The molecule has 1 saturated heterocycles. The summed E-state index contributed by atoms with van der Waals surface area (Å²) in [6.45, 7) is 2.69. The number of anilines is 3. The summed E-state index contributed by atoms with van der Waals surface area (Å²) in [6, 6.07) is 19.7. The Morgan fingerprint density at radius 3 is 2.51 bits per heavy atom. The predicted molar refractivity (Wildman–Crippen MR) is 143 cm³/mol. The van der Waals surface area contributed by atoms with Crippen molar-refractivity contribution in [3.63, 3.8) is 0 Å². The maximum Gasteiger partial charge on any atom is 0.227 e. The molecular weight excluding hydrogens is 497 g/mol. The summed E-state index contributed by atoms with van der Waals surface area (Å²) in [6.07, 6.45) is 4.74. The monoisotopic (exact) mass is 519 g/mol. The zero-order valence-corrected chi connectivity index (χ0v) is 20.7. The fourth-order valence-electron chi connectivity index (χ4n) is 4.23. The van der Waals surface area contributed by atoms with Crippen LogP contribution in [-0.2, 0) is 4.74 Å². The van der Waals surface area contributed by atoms with Crippen LogP contribution in [-0.4, -0.2) is 56.0 Å². The number of morpholine rings is 1. The van der Waals surface area contributed by atoms with Crippen LogP contribution >= 0.6 is 0 Å². The summed E-state index contributed by atoms with van der Waals surface area (Å²) in [5.74, 6) is 0.539. The normalized spacial score (nSPS) is 13.2. The van der Waals surface area contributed by atoms with Crippen molar-refractivity contribution in [3.8, 4) is 34.5 Å². The van der Waals surface area contributed by atoms with Crippen LogP contribution in [0, 0.1) is 17.1 Å². The molecule has 5 aromatic rings. The lowest BCUT2D eigenvalue weighted by Gasteiger charge is -2.29. The van der Waals surface area contributed by atoms with Gasteiger partial charge in [0.2, 0.25) is 5.95 Å². The molecule has 0 unspecified atom stereocenters. The van der Waals surface area contributed by atoms with Gasteiger partial charge in [-0.3, -0.25) is 4.98 Å². The van der Waals surface area contributed by atoms with Gasteiger partial charge in [0, 0.05) is 42.4 Å². The molecule has 0 saturated carbocycles. The largest absolute Gasteiger partial charge is 0.378 e. The van der Waals surface area contributed by atoms with Crippen molar-refractivity contribution < 1.29 is 9.13 Å². The average molecular weight is 520 g/mol. The molecule has 2 aromatic carbocycles. The van der Waals surface area contributed by atoms with Crippen molar-refractivity contribution in [1.29, 1.82) is 5.26 Å². The van der Waals surface area contributed by atoms with Crippen LogP contribution in [0.25, 0.3) is 28.5 Å². The van der Waals surface area contributed by atoms with Crippen molar-refractivity contribution >= 4 is 17.3 Å². The maximum absolute atomic E-state index is 14.5. The van der Waals surface area contributed by atoms with Gasteiger partial charge in [-0.15, -0.1) is 5.10 Å². The molecule has 1 aliphatic heterocycles. The van der Waals surface area contributed by atoms with Crippen LogP contribution in [0.15, 0.2) is 79.4 Å². The van der Waals surface area contributed by atoms with Crippen molar-refractivity contribution in [1.82, 2.24) is 29.7 Å². The molecule has 10 nitrogen and oxygen atoms in total. The number of rotatable bonds is 6. The number of ether oxygens (including phenoxy) is 1. The van der Waals surface area contributed by atoms with Crippen LogP contribution in [0.1, 0.15) is 5.56 Å². The third-order valence-corrected chi connectivity index (χ3v) is 6.21. The van der Waals surface area contributed by atoms with Gasteiger partial charge < -0.3 is 15.0 Å². The first-order valence-electron chi connectivity index (χ1n) is 12.3. The Bertz CT molecular complexity index is 1640. The van der Waals surface area contributed by atoms with E-state index in [1.54, 1.807) is 35.4 Å². The van der Waals surface area contributed by atoms with Gasteiger partial charge in [-0.25, -0.2) is 24.0 Å². The quantitative estimate of drug-likeness (QED) is 0.349. The third-order valence-electron chi connectivity index (χ3n) is 6.21. The van der Waals surface area contributed by atoms with Crippen molar-refractivity contribution in [3.05, 3.63) is 90.8 Å². The number of nitrogens with zero attached hydrogens (tertiary/aromatic N) is 8. The van der Waals surface area contributed by atoms with Crippen LogP contribution in [0.5, 0.6) is 0 Å². The molecule has 0 aliphatic carbocycles. The van der Waals surface area contributed by atoms with Gasteiger partial charge in [-0.2, -0.15) is 5.26 Å². The Hall–Kier alpha value is -5.21. The summed E-state index contributed by atoms with van der Waals surface area (Å²) < 4.78 is 21.5. The number of aromatic nitrogens is 6. The highest BCUT2D eigenvalue weighted by Gasteiger charge is 2.14. The van der Waals surface area contributed by atoms with E-state index in [4.69, 9.17) is 10.00 Å². The number of benzene rings is 2. The Morgan fingerprint density at radius 2 is 1.74 bits per heavy atom. The van der Waals surface area contributed by atoms with E-state index in [0.29, 0.717) is 47.5 Å². The first-order chi connectivity index (χ1) is 19.1. The van der Waals surface area contributed by atoms with Gasteiger partial charge in [-0.1, -0.05) is 0 Å². The number of nitrogens with one attached hydrogen (secondary N) is 1. The van der Waals surface area contributed by atoms with Crippen LogP contribution in [0.3, 0.4) is 0 Å². The van der Waals surface area contributed by atoms with Crippen LogP contribution < -0.4 is 10.2 Å². The average Bonchev–Trinajstić information content (AvgIpc) is 3.48. The van der Waals surface area contributed by atoms with E-state index in [9.17, 15) is 4.39 Å². The van der Waals surface area contributed by atoms with Crippen LogP contribution in [0.4, 0.5) is 21.7 Å². The predicted octanol–water partition coefficient (Wildman–Crippen LogP) is 4.38.